The molecule has 5 nitrogen and oxygen atoms in total. The molecule has 0 aromatic heterocycles. The molecule has 0 aliphatic carbocycles. The fourth-order valence-corrected chi connectivity index (χ4v) is 5.67. The van der Waals surface area contributed by atoms with E-state index in [1.165, 1.54) is 11.1 Å². The molecule has 2 aliphatic rings. The molecule has 2 aliphatic heterocycles. The Morgan fingerprint density at radius 3 is 2.08 bits per heavy atom. The van der Waals surface area contributed by atoms with Gasteiger partial charge in [0.05, 0.1) is 50.8 Å². The summed E-state index contributed by atoms with van der Waals surface area (Å²) in [5.41, 5.74) is 2.36. The van der Waals surface area contributed by atoms with Crippen molar-refractivity contribution in [3.63, 3.8) is 0 Å². The minimum atomic E-state index is -1.84. The van der Waals surface area contributed by atoms with Crippen LogP contribution in [0.5, 0.6) is 0 Å². The molecule has 0 radical (unpaired) electrons. The molecule has 2 fully saturated rings. The highest BCUT2D eigenvalue weighted by molar-refractivity contribution is 6.74. The molecule has 2 aromatic carbocycles. The zero-order chi connectivity index (χ0) is 25.6. The Morgan fingerprint density at radius 2 is 1.44 bits per heavy atom. The van der Waals surface area contributed by atoms with Crippen molar-refractivity contribution in [3.8, 4) is 0 Å². The van der Waals surface area contributed by atoms with E-state index in [1.807, 2.05) is 24.3 Å². The van der Waals surface area contributed by atoms with Crippen LogP contribution < -0.4 is 0 Å². The lowest BCUT2D eigenvalue weighted by Gasteiger charge is -2.36. The Bertz CT molecular complexity index is 914. The lowest BCUT2D eigenvalue weighted by Crippen LogP contribution is -2.42. The second-order valence-electron chi connectivity index (χ2n) is 11.7. The first-order valence-corrected chi connectivity index (χ1v) is 16.3. The average molecular weight is 513 g/mol. The van der Waals surface area contributed by atoms with E-state index in [-0.39, 0.29) is 35.6 Å². The van der Waals surface area contributed by atoms with Crippen LogP contribution in [0.3, 0.4) is 0 Å². The van der Waals surface area contributed by atoms with Crippen LogP contribution in [0.1, 0.15) is 51.2 Å². The van der Waals surface area contributed by atoms with Gasteiger partial charge in [0.1, 0.15) is 6.10 Å². The first kappa shape index (κ1) is 27.5. The van der Waals surface area contributed by atoms with Gasteiger partial charge in [0.25, 0.3) is 0 Å². The van der Waals surface area contributed by atoms with Crippen molar-refractivity contribution in [1.29, 1.82) is 0 Å². The molecular formula is C30H44O5Si. The van der Waals surface area contributed by atoms with Gasteiger partial charge in [0.2, 0.25) is 0 Å². The SMILES string of the molecule is CC(C)(C)[Si](C)(C)OC[C@@H]1C[C@@H](OCc2ccccc2)[C@@H]([C@@H]2CC[C@@H](COCc3ccccc3)O2)O1. The van der Waals surface area contributed by atoms with Crippen LogP contribution in [-0.2, 0) is 36.6 Å². The summed E-state index contributed by atoms with van der Waals surface area (Å²) in [5, 5.41) is 0.176. The quantitative estimate of drug-likeness (QED) is 0.321. The third-order valence-corrected chi connectivity index (χ3v) is 12.4. The van der Waals surface area contributed by atoms with E-state index in [1.54, 1.807) is 0 Å². The minimum absolute atomic E-state index is 0.00721. The van der Waals surface area contributed by atoms with Gasteiger partial charge in [-0.15, -0.1) is 0 Å². The van der Waals surface area contributed by atoms with Crippen molar-refractivity contribution in [2.45, 2.75) is 102 Å². The predicted octanol–water partition coefficient (Wildman–Crippen LogP) is 6.52. The average Bonchev–Trinajstić information content (AvgIpc) is 3.49. The summed E-state index contributed by atoms with van der Waals surface area (Å²) in [6.45, 7) is 13.8. The first-order valence-electron chi connectivity index (χ1n) is 13.4. The minimum Gasteiger partial charge on any atom is -0.414 e. The van der Waals surface area contributed by atoms with E-state index in [0.717, 1.165) is 19.3 Å². The van der Waals surface area contributed by atoms with Crippen molar-refractivity contribution in [3.05, 3.63) is 71.8 Å². The molecule has 5 atom stereocenters. The Balaban J connectivity index is 1.32. The van der Waals surface area contributed by atoms with E-state index < -0.39 is 8.32 Å². The Morgan fingerprint density at radius 1 is 0.806 bits per heavy atom. The van der Waals surface area contributed by atoms with Crippen molar-refractivity contribution < 1.29 is 23.4 Å². The summed E-state index contributed by atoms with van der Waals surface area (Å²) in [4.78, 5) is 0. The number of rotatable bonds is 11. The summed E-state index contributed by atoms with van der Waals surface area (Å²) in [6, 6.07) is 20.6. The van der Waals surface area contributed by atoms with Gasteiger partial charge in [-0.1, -0.05) is 81.4 Å². The maximum Gasteiger partial charge on any atom is 0.192 e. The highest BCUT2D eigenvalue weighted by atomic mass is 28.4. The van der Waals surface area contributed by atoms with Crippen LogP contribution in [0.4, 0.5) is 0 Å². The van der Waals surface area contributed by atoms with E-state index in [9.17, 15) is 0 Å². The van der Waals surface area contributed by atoms with Crippen LogP contribution in [0.2, 0.25) is 18.1 Å². The maximum absolute atomic E-state index is 6.58. The second kappa shape index (κ2) is 12.3. The van der Waals surface area contributed by atoms with Crippen molar-refractivity contribution in [1.82, 2.24) is 0 Å². The number of hydrogen-bond acceptors (Lipinski definition) is 5. The molecule has 4 rings (SSSR count). The highest BCUT2D eigenvalue weighted by Crippen LogP contribution is 2.38. The Labute approximate surface area is 218 Å². The van der Waals surface area contributed by atoms with Crippen molar-refractivity contribution in [2.75, 3.05) is 13.2 Å². The van der Waals surface area contributed by atoms with Gasteiger partial charge in [-0.2, -0.15) is 0 Å². The molecule has 6 heteroatoms. The Kier molecular flexibility index (Phi) is 9.42. The normalized spacial score (nSPS) is 27.0. The van der Waals surface area contributed by atoms with Crippen molar-refractivity contribution in [2.24, 2.45) is 0 Å². The third-order valence-electron chi connectivity index (χ3n) is 7.88. The number of benzene rings is 2. The summed E-state index contributed by atoms with van der Waals surface area (Å²) >= 11 is 0. The van der Waals surface area contributed by atoms with Gasteiger partial charge < -0.3 is 23.4 Å². The van der Waals surface area contributed by atoms with Gasteiger partial charge >= 0.3 is 0 Å². The van der Waals surface area contributed by atoms with Crippen LogP contribution in [0, 0.1) is 0 Å². The van der Waals surface area contributed by atoms with Crippen LogP contribution >= 0.6 is 0 Å². The number of hydrogen-bond donors (Lipinski definition) is 0. The third kappa shape index (κ3) is 7.50. The standard InChI is InChI=1S/C30H44O5Si/c1-30(2,3)36(4,5)33-22-26-18-28(32-20-24-14-10-7-11-15-24)29(35-26)27-17-16-25(34-27)21-31-19-23-12-8-6-9-13-23/h6-15,25-29H,16-22H2,1-5H3/t25-,26-,27-,28+,29+/m0/s1. The van der Waals surface area contributed by atoms with Gasteiger partial charge in [-0.25, -0.2) is 0 Å². The van der Waals surface area contributed by atoms with E-state index in [4.69, 9.17) is 23.4 Å². The predicted molar refractivity (Wildman–Crippen MR) is 145 cm³/mol. The molecule has 2 heterocycles. The summed E-state index contributed by atoms with van der Waals surface area (Å²) in [6.07, 6.45) is 2.84. The molecule has 0 unspecified atom stereocenters. The summed E-state index contributed by atoms with van der Waals surface area (Å²) in [5.74, 6) is 0. The molecular weight excluding hydrogens is 468 g/mol. The van der Waals surface area contributed by atoms with Crippen LogP contribution in [0.15, 0.2) is 60.7 Å². The van der Waals surface area contributed by atoms with E-state index in [2.05, 4.69) is 70.3 Å². The topological polar surface area (TPSA) is 46.2 Å². The lowest BCUT2D eigenvalue weighted by molar-refractivity contribution is -0.118. The smallest absolute Gasteiger partial charge is 0.192 e. The Hall–Kier alpha value is -1.54. The molecule has 0 saturated carbocycles. The van der Waals surface area contributed by atoms with Crippen molar-refractivity contribution >= 4 is 8.32 Å². The molecule has 0 N–H and O–H groups in total. The first-order chi connectivity index (χ1) is 17.2. The van der Waals surface area contributed by atoms with E-state index >= 15 is 0 Å². The van der Waals surface area contributed by atoms with Gasteiger partial charge in [-0.3, -0.25) is 0 Å². The molecule has 0 spiro atoms. The fraction of sp³-hybridized carbons (Fsp3) is 0.600. The van der Waals surface area contributed by atoms with Gasteiger partial charge in [-0.05, 0) is 42.1 Å². The maximum atomic E-state index is 6.58. The monoisotopic (exact) mass is 512 g/mol. The molecule has 0 amide bonds. The molecule has 2 saturated heterocycles. The highest BCUT2D eigenvalue weighted by Gasteiger charge is 2.45. The van der Waals surface area contributed by atoms with Crippen LogP contribution in [-0.4, -0.2) is 52.1 Å². The number of ether oxygens (including phenoxy) is 4. The lowest BCUT2D eigenvalue weighted by atomic mass is 10.0. The summed E-state index contributed by atoms with van der Waals surface area (Å²) in [7, 11) is -1.84. The zero-order valence-electron chi connectivity index (χ0n) is 22.7. The molecule has 2 aromatic rings. The second-order valence-corrected chi connectivity index (χ2v) is 16.5. The fourth-order valence-electron chi connectivity index (χ4n) is 4.63. The molecule has 36 heavy (non-hydrogen) atoms. The summed E-state index contributed by atoms with van der Waals surface area (Å²) < 4.78 is 31.9. The van der Waals surface area contributed by atoms with Crippen LogP contribution in [0.25, 0.3) is 0 Å². The van der Waals surface area contributed by atoms with Gasteiger partial charge in [0.15, 0.2) is 8.32 Å². The zero-order valence-corrected chi connectivity index (χ0v) is 23.7. The largest absolute Gasteiger partial charge is 0.414 e. The molecule has 0 bridgehead atoms. The van der Waals surface area contributed by atoms with E-state index in [0.29, 0.717) is 26.4 Å². The molecule has 198 valence electrons. The van der Waals surface area contributed by atoms with Gasteiger partial charge in [0, 0.05) is 6.42 Å².